The van der Waals surface area contributed by atoms with Crippen LogP contribution < -0.4 is 10.6 Å². The summed E-state index contributed by atoms with van der Waals surface area (Å²) in [6, 6.07) is 2.89. The van der Waals surface area contributed by atoms with Crippen LogP contribution in [0.3, 0.4) is 0 Å². The van der Waals surface area contributed by atoms with Gasteiger partial charge in [-0.3, -0.25) is 4.79 Å². The maximum absolute atomic E-state index is 13.4. The summed E-state index contributed by atoms with van der Waals surface area (Å²) >= 11 is 0. The number of hydrogen-bond donors (Lipinski definition) is 2. The largest absolute Gasteiger partial charge is 0.369 e. The van der Waals surface area contributed by atoms with Gasteiger partial charge in [-0.15, -0.1) is 0 Å². The number of nitrogens with zero attached hydrogens (tertiary/aromatic N) is 2. The van der Waals surface area contributed by atoms with Gasteiger partial charge in [0.25, 0.3) is 5.91 Å². The summed E-state index contributed by atoms with van der Waals surface area (Å²) in [6.45, 7) is 2.58. The molecule has 0 aliphatic heterocycles. The lowest BCUT2D eigenvalue weighted by Crippen LogP contribution is -2.15. The van der Waals surface area contributed by atoms with Gasteiger partial charge in [-0.1, -0.05) is 0 Å². The molecule has 1 heterocycles. The molecule has 2 N–H and O–H groups in total. The fourth-order valence-electron chi connectivity index (χ4n) is 1.49. The van der Waals surface area contributed by atoms with E-state index in [0.717, 1.165) is 12.1 Å². The molecule has 1 aromatic heterocycles. The first-order chi connectivity index (χ1) is 9.60. The van der Waals surface area contributed by atoms with Crippen LogP contribution in [0.4, 0.5) is 20.3 Å². The Morgan fingerprint density at radius 2 is 2.05 bits per heavy atom. The molecule has 0 aliphatic carbocycles. The first-order valence-corrected chi connectivity index (χ1v) is 5.92. The molecule has 0 saturated heterocycles. The maximum Gasteiger partial charge on any atom is 0.275 e. The van der Waals surface area contributed by atoms with E-state index in [1.807, 2.05) is 6.92 Å². The highest BCUT2D eigenvalue weighted by atomic mass is 19.1. The van der Waals surface area contributed by atoms with Crippen molar-refractivity contribution in [2.75, 3.05) is 17.2 Å². The molecule has 1 aromatic carbocycles. The molecular formula is C13H12F2N4O. The lowest BCUT2D eigenvalue weighted by Gasteiger charge is -2.06. The van der Waals surface area contributed by atoms with Crippen LogP contribution in [0.25, 0.3) is 0 Å². The molecule has 1 amide bonds. The van der Waals surface area contributed by atoms with Crippen LogP contribution in [-0.4, -0.2) is 22.4 Å². The number of nitrogens with one attached hydrogen (secondary N) is 2. The average Bonchev–Trinajstić information content (AvgIpc) is 2.43. The minimum absolute atomic E-state index is 0.0374. The van der Waals surface area contributed by atoms with Crippen molar-refractivity contribution in [3.63, 3.8) is 0 Å². The lowest BCUT2D eigenvalue weighted by molar-refractivity contribution is 0.102. The maximum atomic E-state index is 13.4. The second-order valence-corrected chi connectivity index (χ2v) is 3.90. The minimum Gasteiger partial charge on any atom is -0.369 e. The number of anilines is 2. The number of halogens is 2. The van der Waals surface area contributed by atoms with Crippen LogP contribution in [0.5, 0.6) is 0 Å². The van der Waals surface area contributed by atoms with E-state index in [2.05, 4.69) is 20.6 Å². The number of carbonyl (C=O) groups excluding carboxylic acids is 1. The predicted octanol–water partition coefficient (Wildman–Crippen LogP) is 2.44. The standard InChI is InChI=1S/C13H12F2N4O/c1-2-16-12-7-17-11(6-18-12)13(20)19-10-4-3-8(14)5-9(10)15/h3-7H,2H2,1H3,(H,16,18)(H,19,20). The smallest absolute Gasteiger partial charge is 0.275 e. The summed E-state index contributed by atoms with van der Waals surface area (Å²) < 4.78 is 26.1. The summed E-state index contributed by atoms with van der Waals surface area (Å²) in [5.74, 6) is -1.64. The van der Waals surface area contributed by atoms with E-state index in [1.165, 1.54) is 12.4 Å². The highest BCUT2D eigenvalue weighted by Gasteiger charge is 2.11. The summed E-state index contributed by atoms with van der Waals surface area (Å²) in [6.07, 6.45) is 2.67. The molecule has 0 aliphatic rings. The van der Waals surface area contributed by atoms with Gasteiger partial charge >= 0.3 is 0 Å². The highest BCUT2D eigenvalue weighted by Crippen LogP contribution is 2.15. The SMILES string of the molecule is CCNc1cnc(C(=O)Nc2ccc(F)cc2F)cn1. The van der Waals surface area contributed by atoms with Gasteiger partial charge in [0.05, 0.1) is 18.1 Å². The quantitative estimate of drug-likeness (QED) is 0.901. The van der Waals surface area contributed by atoms with Crippen molar-refractivity contribution >= 4 is 17.4 Å². The number of carbonyl (C=O) groups is 1. The Labute approximate surface area is 114 Å². The van der Waals surface area contributed by atoms with Crippen LogP contribution in [-0.2, 0) is 0 Å². The van der Waals surface area contributed by atoms with E-state index in [9.17, 15) is 13.6 Å². The molecule has 0 bridgehead atoms. The first-order valence-electron chi connectivity index (χ1n) is 5.92. The number of amides is 1. The average molecular weight is 278 g/mol. The zero-order chi connectivity index (χ0) is 14.5. The Morgan fingerprint density at radius 3 is 2.65 bits per heavy atom. The van der Waals surface area contributed by atoms with Crippen molar-refractivity contribution in [2.24, 2.45) is 0 Å². The van der Waals surface area contributed by atoms with Gasteiger partial charge in [-0.25, -0.2) is 18.7 Å². The van der Waals surface area contributed by atoms with Crippen molar-refractivity contribution in [2.45, 2.75) is 6.92 Å². The van der Waals surface area contributed by atoms with Gasteiger partial charge < -0.3 is 10.6 Å². The normalized spacial score (nSPS) is 10.2. The van der Waals surface area contributed by atoms with Gasteiger partial charge in [0.15, 0.2) is 0 Å². The number of rotatable bonds is 4. The fourth-order valence-corrected chi connectivity index (χ4v) is 1.49. The molecule has 104 valence electrons. The van der Waals surface area contributed by atoms with Gasteiger partial charge in [-0.2, -0.15) is 0 Å². The summed E-state index contributed by atoms with van der Waals surface area (Å²) in [5.41, 5.74) is -0.0793. The number of benzene rings is 1. The van der Waals surface area contributed by atoms with Crippen LogP contribution in [0, 0.1) is 11.6 Å². The molecule has 2 aromatic rings. The Balaban J connectivity index is 2.11. The third kappa shape index (κ3) is 3.25. The molecule has 0 spiro atoms. The van der Waals surface area contributed by atoms with Crippen LogP contribution in [0.15, 0.2) is 30.6 Å². The molecule has 20 heavy (non-hydrogen) atoms. The molecule has 0 unspecified atom stereocenters. The van der Waals surface area contributed by atoms with Gasteiger partial charge in [0.2, 0.25) is 0 Å². The number of aromatic nitrogens is 2. The Hall–Kier alpha value is -2.57. The first kappa shape index (κ1) is 13.9. The van der Waals surface area contributed by atoms with Gasteiger partial charge in [0.1, 0.15) is 23.1 Å². The molecule has 0 atom stereocenters. The Kier molecular flexibility index (Phi) is 4.19. The minimum atomic E-state index is -0.851. The summed E-state index contributed by atoms with van der Waals surface area (Å²) in [5, 5.41) is 5.23. The van der Waals surface area contributed by atoms with E-state index in [1.54, 1.807) is 0 Å². The molecule has 0 saturated carbocycles. The van der Waals surface area contributed by atoms with E-state index < -0.39 is 17.5 Å². The Bertz CT molecular complexity index is 616. The van der Waals surface area contributed by atoms with Crippen molar-refractivity contribution in [3.05, 3.63) is 47.9 Å². The van der Waals surface area contributed by atoms with Crippen LogP contribution in [0.2, 0.25) is 0 Å². The van der Waals surface area contributed by atoms with Crippen molar-refractivity contribution in [1.29, 1.82) is 0 Å². The molecule has 2 rings (SSSR count). The molecule has 0 radical (unpaired) electrons. The van der Waals surface area contributed by atoms with Crippen molar-refractivity contribution < 1.29 is 13.6 Å². The Morgan fingerprint density at radius 1 is 1.25 bits per heavy atom. The van der Waals surface area contributed by atoms with E-state index >= 15 is 0 Å². The van der Waals surface area contributed by atoms with Gasteiger partial charge in [0, 0.05) is 12.6 Å². The highest BCUT2D eigenvalue weighted by molar-refractivity contribution is 6.02. The number of hydrogen-bond acceptors (Lipinski definition) is 4. The lowest BCUT2D eigenvalue weighted by atomic mass is 10.3. The van der Waals surface area contributed by atoms with E-state index in [4.69, 9.17) is 0 Å². The zero-order valence-corrected chi connectivity index (χ0v) is 10.7. The van der Waals surface area contributed by atoms with Crippen molar-refractivity contribution in [1.82, 2.24) is 9.97 Å². The molecule has 0 fully saturated rings. The summed E-state index contributed by atoms with van der Waals surface area (Å²) in [7, 11) is 0. The predicted molar refractivity (Wildman–Crippen MR) is 70.5 cm³/mol. The van der Waals surface area contributed by atoms with Crippen LogP contribution in [0.1, 0.15) is 17.4 Å². The topological polar surface area (TPSA) is 66.9 Å². The third-order valence-corrected chi connectivity index (χ3v) is 2.42. The second kappa shape index (κ2) is 6.05. The summed E-state index contributed by atoms with van der Waals surface area (Å²) in [4.78, 5) is 19.7. The van der Waals surface area contributed by atoms with Crippen molar-refractivity contribution in [3.8, 4) is 0 Å². The fraction of sp³-hybridized carbons (Fsp3) is 0.154. The van der Waals surface area contributed by atoms with E-state index in [-0.39, 0.29) is 11.4 Å². The third-order valence-electron chi connectivity index (χ3n) is 2.42. The molecule has 5 nitrogen and oxygen atoms in total. The molecular weight excluding hydrogens is 266 g/mol. The zero-order valence-electron chi connectivity index (χ0n) is 10.7. The monoisotopic (exact) mass is 278 g/mol. The molecule has 7 heteroatoms. The second-order valence-electron chi connectivity index (χ2n) is 3.90. The van der Waals surface area contributed by atoms with Crippen LogP contribution >= 0.6 is 0 Å². The van der Waals surface area contributed by atoms with E-state index in [0.29, 0.717) is 18.4 Å². The van der Waals surface area contributed by atoms with Gasteiger partial charge in [-0.05, 0) is 19.1 Å².